The second-order valence-corrected chi connectivity index (χ2v) is 6.70. The van der Waals surface area contributed by atoms with Crippen molar-refractivity contribution in [3.63, 3.8) is 0 Å². The monoisotopic (exact) mass is 294 g/mol. The smallest absolute Gasteiger partial charge is 0.309 e. The molecule has 5 heteroatoms. The largest absolute Gasteiger partial charge is 0.435 e. The van der Waals surface area contributed by atoms with E-state index in [4.69, 9.17) is 9.47 Å². The first-order valence-electron chi connectivity index (χ1n) is 7.60. The zero-order chi connectivity index (χ0) is 15.3. The topological polar surface area (TPSA) is 72.8 Å². The Labute approximate surface area is 124 Å². The first kappa shape index (κ1) is 14.7. The van der Waals surface area contributed by atoms with Crippen LogP contribution in [-0.4, -0.2) is 35.9 Å². The molecular weight excluding hydrogens is 272 g/mol. The minimum atomic E-state index is -1.04. The zero-order valence-electron chi connectivity index (χ0n) is 12.6. The van der Waals surface area contributed by atoms with E-state index in [0.717, 1.165) is 30.3 Å². The molecular formula is C16H22O5. The molecule has 1 N–H and O–H groups in total. The maximum atomic E-state index is 11.9. The Morgan fingerprint density at radius 1 is 1.48 bits per heavy atom. The van der Waals surface area contributed by atoms with E-state index >= 15 is 0 Å². The van der Waals surface area contributed by atoms with E-state index in [1.807, 2.05) is 6.92 Å². The summed E-state index contributed by atoms with van der Waals surface area (Å²) in [6.07, 6.45) is 3.18. The van der Waals surface area contributed by atoms with Crippen LogP contribution in [0.3, 0.4) is 0 Å². The molecule has 2 heterocycles. The Balaban J connectivity index is 2.16. The summed E-state index contributed by atoms with van der Waals surface area (Å²) < 4.78 is 11.1. The van der Waals surface area contributed by atoms with Gasteiger partial charge in [0.25, 0.3) is 0 Å². The number of hydrogen-bond acceptors (Lipinski definition) is 5. The maximum Gasteiger partial charge on any atom is 0.309 e. The molecule has 0 unspecified atom stereocenters. The van der Waals surface area contributed by atoms with Gasteiger partial charge < -0.3 is 14.6 Å². The second kappa shape index (κ2) is 4.92. The highest BCUT2D eigenvalue weighted by atomic mass is 16.7. The van der Waals surface area contributed by atoms with Gasteiger partial charge in [-0.25, -0.2) is 0 Å². The van der Waals surface area contributed by atoms with E-state index in [-0.39, 0.29) is 18.3 Å². The molecule has 2 saturated heterocycles. The molecule has 0 aromatic heterocycles. The molecule has 1 spiro atoms. The van der Waals surface area contributed by atoms with E-state index in [0.29, 0.717) is 19.4 Å². The molecule has 116 valence electrons. The van der Waals surface area contributed by atoms with Crippen LogP contribution in [-0.2, 0) is 19.1 Å². The van der Waals surface area contributed by atoms with Crippen molar-refractivity contribution in [2.45, 2.75) is 57.8 Å². The lowest BCUT2D eigenvalue weighted by molar-refractivity contribution is -0.226. The summed E-state index contributed by atoms with van der Waals surface area (Å²) in [5.74, 6) is -0.359. The Bertz CT molecular complexity index is 507. The van der Waals surface area contributed by atoms with Crippen molar-refractivity contribution in [3.05, 3.63) is 11.1 Å². The average Bonchev–Trinajstić information content (AvgIpc) is 2.67. The van der Waals surface area contributed by atoms with Gasteiger partial charge in [-0.15, -0.1) is 0 Å². The first-order valence-corrected chi connectivity index (χ1v) is 7.60. The standard InChI is InChI=1S/C16H22O5/c1-10(9-17)11-5-6-15(2,19)16-8-13(18)21-14(16)20-7-3-4-12(11)16/h9,12,14,19H,3-8H2,1-2H3/b11-10-/t12-,14-,15+,16+/m1/s1. The summed E-state index contributed by atoms with van der Waals surface area (Å²) in [7, 11) is 0. The summed E-state index contributed by atoms with van der Waals surface area (Å²) in [6.45, 7) is 4.10. The van der Waals surface area contributed by atoms with Crippen molar-refractivity contribution in [2.75, 3.05) is 6.61 Å². The lowest BCUT2D eigenvalue weighted by Crippen LogP contribution is -2.58. The number of hydrogen-bond donors (Lipinski definition) is 1. The second-order valence-electron chi connectivity index (χ2n) is 6.70. The van der Waals surface area contributed by atoms with Crippen LogP contribution in [0.2, 0.25) is 0 Å². The van der Waals surface area contributed by atoms with Gasteiger partial charge >= 0.3 is 5.97 Å². The van der Waals surface area contributed by atoms with Crippen LogP contribution in [0.25, 0.3) is 0 Å². The molecule has 1 saturated carbocycles. The van der Waals surface area contributed by atoms with Crippen LogP contribution in [0.4, 0.5) is 0 Å². The maximum absolute atomic E-state index is 11.9. The van der Waals surface area contributed by atoms with Gasteiger partial charge in [0.05, 0.1) is 24.0 Å². The molecule has 0 bridgehead atoms. The van der Waals surface area contributed by atoms with Gasteiger partial charge in [0.2, 0.25) is 6.29 Å². The number of esters is 1. The molecule has 0 aromatic rings. The highest BCUT2D eigenvalue weighted by molar-refractivity contribution is 5.76. The summed E-state index contributed by atoms with van der Waals surface area (Å²) in [5.41, 5.74) is -0.0237. The predicted octanol–water partition coefficient (Wildman–Crippen LogP) is 1.73. The number of carbonyl (C=O) groups is 2. The molecule has 0 aromatic carbocycles. The van der Waals surface area contributed by atoms with Crippen molar-refractivity contribution in [3.8, 4) is 0 Å². The van der Waals surface area contributed by atoms with Crippen molar-refractivity contribution in [1.82, 2.24) is 0 Å². The van der Waals surface area contributed by atoms with Crippen molar-refractivity contribution in [2.24, 2.45) is 11.3 Å². The first-order chi connectivity index (χ1) is 9.92. The number of allylic oxidation sites excluding steroid dienone is 2. The highest BCUT2D eigenvalue weighted by Gasteiger charge is 2.66. The Morgan fingerprint density at radius 2 is 2.24 bits per heavy atom. The van der Waals surface area contributed by atoms with Gasteiger partial charge in [0, 0.05) is 0 Å². The molecule has 4 atom stereocenters. The molecule has 3 fully saturated rings. The number of ether oxygens (including phenoxy) is 2. The van der Waals surface area contributed by atoms with E-state index in [9.17, 15) is 14.7 Å². The summed E-state index contributed by atoms with van der Waals surface area (Å²) in [6, 6.07) is 0. The molecule has 0 radical (unpaired) electrons. The predicted molar refractivity (Wildman–Crippen MR) is 74.2 cm³/mol. The van der Waals surface area contributed by atoms with E-state index in [2.05, 4.69) is 0 Å². The molecule has 21 heavy (non-hydrogen) atoms. The normalized spacial score (nSPS) is 45.2. The highest BCUT2D eigenvalue weighted by Crippen LogP contribution is 2.60. The van der Waals surface area contributed by atoms with Crippen LogP contribution >= 0.6 is 0 Å². The molecule has 3 rings (SSSR count). The van der Waals surface area contributed by atoms with E-state index < -0.39 is 17.3 Å². The summed E-state index contributed by atoms with van der Waals surface area (Å²) in [5, 5.41) is 11.0. The number of aldehydes is 1. The number of carbonyl (C=O) groups excluding carboxylic acids is 2. The third kappa shape index (κ3) is 1.98. The minimum Gasteiger partial charge on any atom is -0.435 e. The van der Waals surface area contributed by atoms with Crippen LogP contribution in [0.5, 0.6) is 0 Å². The number of rotatable bonds is 1. The molecule has 1 aliphatic carbocycles. The van der Waals surface area contributed by atoms with Crippen molar-refractivity contribution in [1.29, 1.82) is 0 Å². The van der Waals surface area contributed by atoms with Gasteiger partial charge in [-0.2, -0.15) is 0 Å². The fourth-order valence-electron chi connectivity index (χ4n) is 4.43. The molecule has 0 amide bonds. The van der Waals surface area contributed by atoms with Gasteiger partial charge in [0.1, 0.15) is 6.29 Å². The van der Waals surface area contributed by atoms with Crippen LogP contribution in [0.15, 0.2) is 11.1 Å². The molecule has 2 aliphatic heterocycles. The van der Waals surface area contributed by atoms with Crippen molar-refractivity contribution >= 4 is 12.3 Å². The quantitative estimate of drug-likeness (QED) is 0.453. The van der Waals surface area contributed by atoms with Gasteiger partial charge in [0.15, 0.2) is 0 Å². The SMILES string of the molecule is C/C(C=O)=C1\CC[C@](C)(O)[C@]23CC(=O)O[C@H]2OCCC[C@H]13. The summed E-state index contributed by atoms with van der Waals surface area (Å²) >= 11 is 0. The fraction of sp³-hybridized carbons (Fsp3) is 0.750. The minimum absolute atomic E-state index is 0.0367. The Kier molecular flexibility index (Phi) is 3.45. The zero-order valence-corrected chi connectivity index (χ0v) is 12.6. The van der Waals surface area contributed by atoms with Gasteiger partial charge in [-0.05, 0) is 51.0 Å². The lowest BCUT2D eigenvalue weighted by atomic mass is 9.54. The van der Waals surface area contributed by atoms with Crippen LogP contribution in [0, 0.1) is 11.3 Å². The lowest BCUT2D eigenvalue weighted by Gasteiger charge is -2.52. The van der Waals surface area contributed by atoms with Crippen molar-refractivity contribution < 1.29 is 24.2 Å². The van der Waals surface area contributed by atoms with Crippen LogP contribution in [0.1, 0.15) is 46.0 Å². The fourth-order valence-corrected chi connectivity index (χ4v) is 4.43. The average molecular weight is 294 g/mol. The summed E-state index contributed by atoms with van der Waals surface area (Å²) in [4.78, 5) is 23.1. The number of aliphatic hydroxyl groups is 1. The Hall–Kier alpha value is -1.20. The van der Waals surface area contributed by atoms with Gasteiger partial charge in [-0.3, -0.25) is 9.59 Å². The molecule has 3 aliphatic rings. The van der Waals surface area contributed by atoms with Gasteiger partial charge in [-0.1, -0.05) is 5.57 Å². The van der Waals surface area contributed by atoms with Crippen LogP contribution < -0.4 is 0 Å². The Morgan fingerprint density at radius 3 is 2.95 bits per heavy atom. The van der Waals surface area contributed by atoms with E-state index in [1.165, 1.54) is 0 Å². The third-order valence-electron chi connectivity index (χ3n) is 5.61. The molecule has 5 nitrogen and oxygen atoms in total. The third-order valence-corrected chi connectivity index (χ3v) is 5.61. The van der Waals surface area contributed by atoms with E-state index in [1.54, 1.807) is 6.92 Å².